The van der Waals surface area contributed by atoms with Crippen LogP contribution in [0.1, 0.15) is 28.0 Å². The van der Waals surface area contributed by atoms with E-state index in [0.717, 1.165) is 14.2 Å². The van der Waals surface area contributed by atoms with E-state index in [9.17, 15) is 26.7 Å². The van der Waals surface area contributed by atoms with Crippen molar-refractivity contribution >= 4 is 5.97 Å². The summed E-state index contributed by atoms with van der Waals surface area (Å²) in [4.78, 5) is 14.3. The summed E-state index contributed by atoms with van der Waals surface area (Å²) in [6.07, 6.45) is -8.69. The van der Waals surface area contributed by atoms with Crippen LogP contribution in [0.4, 0.5) is 22.0 Å². The second-order valence-corrected chi connectivity index (χ2v) is 3.26. The summed E-state index contributed by atoms with van der Waals surface area (Å²) in [5.74, 6) is -1.95. The number of esters is 1. The van der Waals surface area contributed by atoms with Gasteiger partial charge in [0, 0.05) is 6.07 Å². The van der Waals surface area contributed by atoms with Crippen molar-refractivity contribution in [2.45, 2.75) is 12.6 Å². The number of alkyl halides is 5. The lowest BCUT2D eigenvalue weighted by molar-refractivity contribution is -0.140. The lowest BCUT2D eigenvalue weighted by atomic mass is 10.1. The number of hydrogen-bond acceptors (Lipinski definition) is 4. The van der Waals surface area contributed by atoms with Crippen molar-refractivity contribution in [3.05, 3.63) is 22.9 Å². The maximum absolute atomic E-state index is 12.8. The zero-order valence-electron chi connectivity index (χ0n) is 9.72. The van der Waals surface area contributed by atoms with Crippen molar-refractivity contribution in [3.8, 4) is 5.88 Å². The Morgan fingerprint density at radius 2 is 1.89 bits per heavy atom. The molecule has 0 aromatic carbocycles. The van der Waals surface area contributed by atoms with Crippen molar-refractivity contribution in [3.63, 3.8) is 0 Å². The van der Waals surface area contributed by atoms with Crippen molar-refractivity contribution in [2.75, 3.05) is 14.2 Å². The largest absolute Gasteiger partial charge is 0.481 e. The number of carbonyl (C=O) groups excluding carboxylic acids is 1. The molecule has 106 valence electrons. The smallest absolute Gasteiger partial charge is 0.419 e. The number of rotatable bonds is 3. The van der Waals surface area contributed by atoms with Crippen molar-refractivity contribution in [1.82, 2.24) is 4.98 Å². The summed E-state index contributed by atoms with van der Waals surface area (Å²) < 4.78 is 72.3. The van der Waals surface area contributed by atoms with Gasteiger partial charge in [-0.1, -0.05) is 0 Å². The van der Waals surface area contributed by atoms with Crippen LogP contribution < -0.4 is 4.74 Å². The van der Waals surface area contributed by atoms with Gasteiger partial charge in [-0.15, -0.1) is 0 Å². The molecule has 0 aliphatic carbocycles. The van der Waals surface area contributed by atoms with Gasteiger partial charge < -0.3 is 9.47 Å². The zero-order valence-corrected chi connectivity index (χ0v) is 9.72. The Balaban J connectivity index is 3.66. The highest BCUT2D eigenvalue weighted by Crippen LogP contribution is 2.39. The van der Waals surface area contributed by atoms with E-state index in [1.54, 1.807) is 0 Å². The van der Waals surface area contributed by atoms with Crippen molar-refractivity contribution in [2.24, 2.45) is 0 Å². The van der Waals surface area contributed by atoms with Gasteiger partial charge in [0.1, 0.15) is 5.69 Å². The first-order chi connectivity index (χ1) is 8.72. The summed E-state index contributed by atoms with van der Waals surface area (Å²) >= 11 is 0. The number of aromatic nitrogens is 1. The van der Waals surface area contributed by atoms with Gasteiger partial charge in [-0.05, 0) is 0 Å². The third kappa shape index (κ3) is 3.09. The molecular formula is C10H8F5NO3. The molecule has 0 amide bonds. The van der Waals surface area contributed by atoms with Gasteiger partial charge in [-0.2, -0.15) is 13.2 Å². The second kappa shape index (κ2) is 5.37. The number of nitrogens with zero attached hydrogens (tertiary/aromatic N) is 1. The fourth-order valence-electron chi connectivity index (χ4n) is 1.37. The highest BCUT2D eigenvalue weighted by Gasteiger charge is 2.42. The van der Waals surface area contributed by atoms with Crippen LogP contribution in [0, 0.1) is 0 Å². The quantitative estimate of drug-likeness (QED) is 0.633. The van der Waals surface area contributed by atoms with E-state index < -0.39 is 41.3 Å². The number of pyridine rings is 1. The molecule has 0 aliphatic heterocycles. The summed E-state index contributed by atoms with van der Waals surface area (Å²) in [5, 5.41) is 0. The standard InChI is InChI=1S/C10H8F5NO3/c1-18-5-3-4(9(17)19-2)6(10(13,14)15)7(16-5)8(11)12/h3,8H,1-2H3. The Kier molecular flexibility index (Phi) is 4.28. The molecule has 0 aliphatic rings. The number of methoxy groups -OCH3 is 2. The van der Waals surface area contributed by atoms with E-state index in [0.29, 0.717) is 6.07 Å². The molecule has 0 spiro atoms. The van der Waals surface area contributed by atoms with Gasteiger partial charge in [0.15, 0.2) is 0 Å². The van der Waals surface area contributed by atoms with Crippen LogP contribution in [0.15, 0.2) is 6.07 Å². The van der Waals surface area contributed by atoms with Gasteiger partial charge >= 0.3 is 12.1 Å². The highest BCUT2D eigenvalue weighted by atomic mass is 19.4. The third-order valence-electron chi connectivity index (χ3n) is 2.13. The fraction of sp³-hybridized carbons (Fsp3) is 0.400. The van der Waals surface area contributed by atoms with E-state index in [2.05, 4.69) is 14.5 Å². The average molecular weight is 285 g/mol. The van der Waals surface area contributed by atoms with Crippen LogP contribution in [-0.4, -0.2) is 25.2 Å². The number of halogens is 5. The van der Waals surface area contributed by atoms with Crippen LogP contribution in [-0.2, 0) is 10.9 Å². The molecule has 4 nitrogen and oxygen atoms in total. The molecule has 9 heteroatoms. The maximum atomic E-state index is 12.8. The molecule has 0 fully saturated rings. The predicted molar refractivity (Wildman–Crippen MR) is 52.1 cm³/mol. The monoisotopic (exact) mass is 285 g/mol. The minimum atomic E-state index is -5.17. The first-order valence-electron chi connectivity index (χ1n) is 4.75. The van der Waals surface area contributed by atoms with Gasteiger partial charge in [-0.25, -0.2) is 18.6 Å². The van der Waals surface area contributed by atoms with Crippen molar-refractivity contribution in [1.29, 1.82) is 0 Å². The molecule has 0 radical (unpaired) electrons. The topological polar surface area (TPSA) is 48.4 Å². The first-order valence-corrected chi connectivity index (χ1v) is 4.75. The maximum Gasteiger partial charge on any atom is 0.419 e. The van der Waals surface area contributed by atoms with E-state index in [1.807, 2.05) is 0 Å². The number of ether oxygens (including phenoxy) is 2. The highest BCUT2D eigenvalue weighted by molar-refractivity contribution is 5.92. The Bertz CT molecular complexity index is 487. The molecular weight excluding hydrogens is 277 g/mol. The van der Waals surface area contributed by atoms with E-state index >= 15 is 0 Å². The normalized spacial score (nSPS) is 11.6. The fourth-order valence-corrected chi connectivity index (χ4v) is 1.37. The van der Waals surface area contributed by atoms with Gasteiger partial charge in [0.25, 0.3) is 6.43 Å². The lowest BCUT2D eigenvalue weighted by Crippen LogP contribution is -2.19. The zero-order chi connectivity index (χ0) is 14.8. The Hall–Kier alpha value is -1.93. The Morgan fingerprint density at radius 3 is 2.26 bits per heavy atom. The molecule has 19 heavy (non-hydrogen) atoms. The van der Waals surface area contributed by atoms with Crippen LogP contribution in [0.3, 0.4) is 0 Å². The average Bonchev–Trinajstić information content (AvgIpc) is 2.34. The van der Waals surface area contributed by atoms with Crippen LogP contribution in [0.25, 0.3) is 0 Å². The molecule has 1 aromatic rings. The van der Waals surface area contributed by atoms with Crippen LogP contribution in [0.2, 0.25) is 0 Å². The first kappa shape index (κ1) is 15.1. The summed E-state index contributed by atoms with van der Waals surface area (Å²) in [7, 11) is 1.85. The molecule has 1 heterocycles. The summed E-state index contributed by atoms with van der Waals surface area (Å²) in [5.41, 5.74) is -4.47. The second-order valence-electron chi connectivity index (χ2n) is 3.26. The van der Waals surface area contributed by atoms with E-state index in [1.165, 1.54) is 0 Å². The van der Waals surface area contributed by atoms with Crippen LogP contribution in [0.5, 0.6) is 5.88 Å². The van der Waals surface area contributed by atoms with Gasteiger partial charge in [0.05, 0.1) is 25.3 Å². The molecule has 0 atom stereocenters. The minimum Gasteiger partial charge on any atom is -0.481 e. The Morgan fingerprint density at radius 1 is 1.32 bits per heavy atom. The molecule has 0 saturated heterocycles. The molecule has 0 saturated carbocycles. The molecule has 0 unspecified atom stereocenters. The number of hydrogen-bond donors (Lipinski definition) is 0. The predicted octanol–water partition coefficient (Wildman–Crippen LogP) is 2.83. The minimum absolute atomic E-state index is 0.538. The summed E-state index contributed by atoms with van der Waals surface area (Å²) in [6, 6.07) is 0.598. The molecule has 0 N–H and O–H groups in total. The SMILES string of the molecule is COC(=O)c1cc(OC)nc(C(F)F)c1C(F)(F)F. The molecule has 1 aromatic heterocycles. The molecule has 0 bridgehead atoms. The Labute approximate surface area is 104 Å². The van der Waals surface area contributed by atoms with Gasteiger partial charge in [0.2, 0.25) is 5.88 Å². The lowest BCUT2D eigenvalue weighted by Gasteiger charge is -2.16. The van der Waals surface area contributed by atoms with Crippen LogP contribution >= 0.6 is 0 Å². The summed E-state index contributed by atoms with van der Waals surface area (Å²) in [6.45, 7) is 0. The third-order valence-corrected chi connectivity index (χ3v) is 2.13. The molecule has 1 rings (SSSR count). The van der Waals surface area contributed by atoms with Crippen molar-refractivity contribution < 1.29 is 36.2 Å². The van der Waals surface area contributed by atoms with Gasteiger partial charge in [-0.3, -0.25) is 0 Å². The number of carbonyl (C=O) groups is 1. The van der Waals surface area contributed by atoms with E-state index in [-0.39, 0.29) is 0 Å². The van der Waals surface area contributed by atoms with E-state index in [4.69, 9.17) is 0 Å².